The molecule has 5 nitrogen and oxygen atoms in total. The minimum atomic E-state index is -3.19. The largest absolute Gasteiger partial charge is 0.302 e. The maximum atomic E-state index is 12.2. The third-order valence-electron chi connectivity index (χ3n) is 4.32. The zero-order valence-corrected chi connectivity index (χ0v) is 16.0. The van der Waals surface area contributed by atoms with Gasteiger partial charge in [-0.25, -0.2) is 13.4 Å². The van der Waals surface area contributed by atoms with E-state index < -0.39 is 9.84 Å². The number of thiazole rings is 1. The molecule has 0 radical (unpaired) electrons. The van der Waals surface area contributed by atoms with Gasteiger partial charge < -0.3 is 5.32 Å². The van der Waals surface area contributed by atoms with Crippen molar-refractivity contribution in [1.29, 1.82) is 0 Å². The molecule has 1 heterocycles. The number of rotatable bonds is 6. The maximum Gasteiger partial charge on any atom is 0.227 e. The lowest BCUT2D eigenvalue weighted by Gasteiger charge is -2.10. The summed E-state index contributed by atoms with van der Waals surface area (Å²) in [5, 5.41) is 5.25. The Hall–Kier alpha value is -1.44. The highest BCUT2D eigenvalue weighted by molar-refractivity contribution is 7.92. The van der Waals surface area contributed by atoms with Gasteiger partial charge in [-0.2, -0.15) is 0 Å². The Kier molecular flexibility index (Phi) is 5.76. The second-order valence-corrected chi connectivity index (χ2v) is 9.76. The van der Waals surface area contributed by atoms with Crippen LogP contribution >= 0.6 is 22.9 Å². The van der Waals surface area contributed by atoms with Gasteiger partial charge in [0.25, 0.3) is 0 Å². The third kappa shape index (κ3) is 4.59. The molecular formula is C17H19ClN2O3S2. The average molecular weight is 399 g/mol. The Balaban J connectivity index is 1.58. The molecule has 0 unspecified atom stereocenters. The summed E-state index contributed by atoms with van der Waals surface area (Å²) < 4.78 is 24.4. The number of anilines is 1. The van der Waals surface area contributed by atoms with E-state index in [0.29, 0.717) is 15.8 Å². The molecular weight excluding hydrogens is 380 g/mol. The van der Waals surface area contributed by atoms with Crippen molar-refractivity contribution in [2.75, 3.05) is 11.1 Å². The fourth-order valence-corrected chi connectivity index (χ4v) is 5.77. The van der Waals surface area contributed by atoms with Crippen LogP contribution in [0.1, 0.15) is 32.1 Å². The lowest BCUT2D eigenvalue weighted by molar-refractivity contribution is -0.115. The highest BCUT2D eigenvalue weighted by Gasteiger charge is 2.28. The Labute approximate surface area is 156 Å². The summed E-state index contributed by atoms with van der Waals surface area (Å²) >= 11 is 7.44. The number of hydrogen-bond acceptors (Lipinski definition) is 5. The van der Waals surface area contributed by atoms with E-state index in [1.807, 2.05) is 23.6 Å². The van der Waals surface area contributed by atoms with Crippen molar-refractivity contribution >= 4 is 43.8 Å². The highest BCUT2D eigenvalue weighted by atomic mass is 35.5. The van der Waals surface area contributed by atoms with E-state index in [4.69, 9.17) is 11.6 Å². The van der Waals surface area contributed by atoms with Gasteiger partial charge in [0.1, 0.15) is 0 Å². The Morgan fingerprint density at radius 3 is 2.72 bits per heavy atom. The molecule has 1 aromatic heterocycles. The van der Waals surface area contributed by atoms with Crippen molar-refractivity contribution in [2.24, 2.45) is 0 Å². The lowest BCUT2D eigenvalue weighted by Crippen LogP contribution is -2.24. The van der Waals surface area contributed by atoms with Crippen molar-refractivity contribution in [3.05, 3.63) is 34.7 Å². The minimum absolute atomic E-state index is 0.0418. The molecule has 0 bridgehead atoms. The van der Waals surface area contributed by atoms with Gasteiger partial charge >= 0.3 is 0 Å². The van der Waals surface area contributed by atoms with Crippen LogP contribution in [-0.4, -0.2) is 30.3 Å². The summed E-state index contributed by atoms with van der Waals surface area (Å²) in [5.74, 6) is -0.437. The molecule has 1 fully saturated rings. The van der Waals surface area contributed by atoms with E-state index in [-0.39, 0.29) is 23.3 Å². The molecule has 1 amide bonds. The van der Waals surface area contributed by atoms with Crippen molar-refractivity contribution in [3.8, 4) is 11.3 Å². The number of amides is 1. The van der Waals surface area contributed by atoms with E-state index in [2.05, 4.69) is 10.3 Å². The molecule has 0 saturated heterocycles. The van der Waals surface area contributed by atoms with Gasteiger partial charge in [-0.3, -0.25) is 4.79 Å². The van der Waals surface area contributed by atoms with Crippen LogP contribution in [0.3, 0.4) is 0 Å². The van der Waals surface area contributed by atoms with Crippen LogP contribution in [0.15, 0.2) is 29.6 Å². The molecule has 1 aliphatic carbocycles. The summed E-state index contributed by atoms with van der Waals surface area (Å²) in [5.41, 5.74) is 1.48. The zero-order valence-electron chi connectivity index (χ0n) is 13.6. The van der Waals surface area contributed by atoms with Crippen molar-refractivity contribution < 1.29 is 13.2 Å². The molecule has 1 aromatic carbocycles. The summed E-state index contributed by atoms with van der Waals surface area (Å²) in [7, 11) is -3.19. The van der Waals surface area contributed by atoms with E-state index in [1.54, 1.807) is 6.07 Å². The zero-order chi connectivity index (χ0) is 17.9. The van der Waals surface area contributed by atoms with Crippen LogP contribution in [0, 0.1) is 0 Å². The van der Waals surface area contributed by atoms with Crippen LogP contribution in [0.5, 0.6) is 0 Å². The highest BCUT2D eigenvalue weighted by Crippen LogP contribution is 2.30. The molecule has 3 rings (SSSR count). The van der Waals surface area contributed by atoms with Gasteiger partial charge in [0.05, 0.1) is 16.7 Å². The molecule has 2 aromatic rings. The number of sulfone groups is 1. The fraction of sp³-hybridized carbons (Fsp3) is 0.412. The quantitative estimate of drug-likeness (QED) is 0.792. The molecule has 1 N–H and O–H groups in total. The van der Waals surface area contributed by atoms with E-state index in [1.165, 1.54) is 11.3 Å². The minimum Gasteiger partial charge on any atom is -0.302 e. The number of aromatic nitrogens is 1. The number of halogens is 1. The number of benzene rings is 1. The summed E-state index contributed by atoms with van der Waals surface area (Å²) in [6.45, 7) is 0. The first-order valence-corrected chi connectivity index (χ1v) is 11.1. The molecule has 0 atom stereocenters. The Morgan fingerprint density at radius 2 is 2.00 bits per heavy atom. The predicted octanol–water partition coefficient (Wildman–Crippen LogP) is 4.15. The Morgan fingerprint density at radius 1 is 1.28 bits per heavy atom. The van der Waals surface area contributed by atoms with Crippen LogP contribution < -0.4 is 5.32 Å². The summed E-state index contributed by atoms with van der Waals surface area (Å²) in [6.07, 6.45) is 3.31. The van der Waals surface area contributed by atoms with Gasteiger partial charge in [0, 0.05) is 22.4 Å². The van der Waals surface area contributed by atoms with Gasteiger partial charge in [-0.05, 0) is 18.9 Å². The molecule has 8 heteroatoms. The van der Waals surface area contributed by atoms with E-state index >= 15 is 0 Å². The molecule has 1 aliphatic rings. The number of carbonyl (C=O) groups is 1. The normalized spacial score (nSPS) is 15.4. The fourth-order valence-electron chi connectivity index (χ4n) is 2.95. The first-order chi connectivity index (χ1) is 12.0. The second kappa shape index (κ2) is 7.85. The number of carbonyl (C=O) groups excluding carboxylic acids is 1. The monoisotopic (exact) mass is 398 g/mol. The van der Waals surface area contributed by atoms with Crippen molar-refractivity contribution in [2.45, 2.75) is 37.4 Å². The number of hydrogen-bond donors (Lipinski definition) is 1. The number of nitrogens with zero attached hydrogens (tertiary/aromatic N) is 1. The summed E-state index contributed by atoms with van der Waals surface area (Å²) in [6, 6.07) is 7.35. The van der Waals surface area contributed by atoms with Crippen LogP contribution in [-0.2, 0) is 14.6 Å². The van der Waals surface area contributed by atoms with E-state index in [0.717, 1.165) is 31.2 Å². The van der Waals surface area contributed by atoms with Gasteiger partial charge in [0.15, 0.2) is 15.0 Å². The first-order valence-electron chi connectivity index (χ1n) is 8.17. The topological polar surface area (TPSA) is 76.1 Å². The van der Waals surface area contributed by atoms with Crippen LogP contribution in [0.4, 0.5) is 5.13 Å². The molecule has 0 aliphatic heterocycles. The van der Waals surface area contributed by atoms with Crippen molar-refractivity contribution in [3.63, 3.8) is 0 Å². The maximum absolute atomic E-state index is 12.2. The average Bonchev–Trinajstić information content (AvgIpc) is 3.25. The molecule has 1 saturated carbocycles. The van der Waals surface area contributed by atoms with Gasteiger partial charge in [-0.1, -0.05) is 42.6 Å². The lowest BCUT2D eigenvalue weighted by atomic mass is 10.2. The standard InChI is InChI=1S/C17H19ClN2O3S2/c18-14-8-4-3-7-13(14)15-11-24-17(19-15)20-16(21)9-10-25(22,23)12-5-1-2-6-12/h3-4,7-8,11-12H,1-2,5-6,9-10H2,(H,19,20,21). The van der Waals surface area contributed by atoms with Crippen LogP contribution in [0.25, 0.3) is 11.3 Å². The second-order valence-electron chi connectivity index (χ2n) is 6.09. The molecule has 0 spiro atoms. The summed E-state index contributed by atoms with van der Waals surface area (Å²) in [4.78, 5) is 16.4. The van der Waals surface area contributed by atoms with Gasteiger partial charge in [0.2, 0.25) is 5.91 Å². The first kappa shape index (κ1) is 18.4. The predicted molar refractivity (Wildman–Crippen MR) is 102 cm³/mol. The Bertz CT molecular complexity index is 858. The third-order valence-corrected chi connectivity index (χ3v) is 7.67. The van der Waals surface area contributed by atoms with Crippen molar-refractivity contribution in [1.82, 2.24) is 4.98 Å². The van der Waals surface area contributed by atoms with E-state index in [9.17, 15) is 13.2 Å². The number of nitrogens with one attached hydrogen (secondary N) is 1. The van der Waals surface area contributed by atoms with Gasteiger partial charge in [-0.15, -0.1) is 11.3 Å². The van der Waals surface area contributed by atoms with Crippen LogP contribution in [0.2, 0.25) is 5.02 Å². The molecule has 134 valence electrons. The smallest absolute Gasteiger partial charge is 0.227 e. The SMILES string of the molecule is O=C(CCS(=O)(=O)C1CCCC1)Nc1nc(-c2ccccc2Cl)cs1. The molecule has 25 heavy (non-hydrogen) atoms.